The molecule has 0 unspecified atom stereocenters. The van der Waals surface area contributed by atoms with Gasteiger partial charge in [-0.15, -0.1) is 0 Å². The number of hydrogen-bond acceptors (Lipinski definition) is 6. The number of rotatable bonds is 3. The summed E-state index contributed by atoms with van der Waals surface area (Å²) in [5.41, 5.74) is 11.3. The molecule has 246 valence electrons. The van der Waals surface area contributed by atoms with Gasteiger partial charge in [0.05, 0.1) is 11.6 Å². The van der Waals surface area contributed by atoms with E-state index in [2.05, 4.69) is 66.7 Å². The van der Waals surface area contributed by atoms with E-state index < -0.39 is 0 Å². The third kappa shape index (κ3) is 4.20. The van der Waals surface area contributed by atoms with Crippen LogP contribution in [-0.4, -0.2) is 15.0 Å². The molecule has 2 aliphatic rings. The van der Waals surface area contributed by atoms with Gasteiger partial charge >= 0.3 is 0 Å². The molecular weight excluding hydrogens is 641 g/mol. The van der Waals surface area contributed by atoms with Crippen molar-refractivity contribution in [1.29, 1.82) is 5.26 Å². The summed E-state index contributed by atoms with van der Waals surface area (Å²) < 4.78 is 12.6. The monoisotopic (exact) mass is 670 g/mol. The molecule has 0 radical (unpaired) electrons. The summed E-state index contributed by atoms with van der Waals surface area (Å²) in [6.45, 7) is 0. The van der Waals surface area contributed by atoms with Gasteiger partial charge in [0.2, 0.25) is 0 Å². The Bertz CT molecular complexity index is 2840. The van der Waals surface area contributed by atoms with E-state index in [-0.39, 0.29) is 5.41 Å². The molecule has 0 N–H and O–H groups in total. The van der Waals surface area contributed by atoms with E-state index in [1.807, 2.05) is 60.7 Å². The largest absolute Gasteiger partial charge is 0.456 e. The molecule has 0 atom stereocenters. The lowest BCUT2D eigenvalue weighted by Gasteiger charge is -2.36. The lowest BCUT2D eigenvalue weighted by Crippen LogP contribution is -2.29. The molecule has 0 saturated heterocycles. The Morgan fingerprint density at radius 2 is 1.04 bits per heavy atom. The molecule has 2 aliphatic carbocycles. The summed E-state index contributed by atoms with van der Waals surface area (Å²) in [5.74, 6) is 1.73. The van der Waals surface area contributed by atoms with Gasteiger partial charge in [-0.25, -0.2) is 15.0 Å². The van der Waals surface area contributed by atoms with Crippen LogP contribution in [0.3, 0.4) is 0 Å². The minimum Gasteiger partial charge on any atom is -0.456 e. The van der Waals surface area contributed by atoms with E-state index in [9.17, 15) is 5.26 Å². The van der Waals surface area contributed by atoms with Crippen molar-refractivity contribution in [3.05, 3.63) is 138 Å². The van der Waals surface area contributed by atoms with Crippen LogP contribution in [0.4, 0.5) is 0 Å². The van der Waals surface area contributed by atoms with Crippen LogP contribution in [0.5, 0.6) is 0 Å². The van der Waals surface area contributed by atoms with Crippen LogP contribution in [0, 0.1) is 11.3 Å². The lowest BCUT2D eigenvalue weighted by molar-refractivity contribution is 0.352. The first-order valence-corrected chi connectivity index (χ1v) is 18.0. The van der Waals surface area contributed by atoms with Crippen molar-refractivity contribution in [2.75, 3.05) is 0 Å². The zero-order chi connectivity index (χ0) is 34.4. The summed E-state index contributed by atoms with van der Waals surface area (Å²) >= 11 is 0. The molecule has 9 aromatic rings. The Hall–Kier alpha value is -6.58. The van der Waals surface area contributed by atoms with E-state index in [0.29, 0.717) is 17.5 Å². The third-order valence-electron chi connectivity index (χ3n) is 11.4. The van der Waals surface area contributed by atoms with E-state index in [1.54, 1.807) is 0 Å². The fourth-order valence-corrected chi connectivity index (χ4v) is 9.00. The molecule has 6 aromatic carbocycles. The Balaban J connectivity index is 1.11. The molecule has 1 fully saturated rings. The summed E-state index contributed by atoms with van der Waals surface area (Å²) in [7, 11) is 0. The number of hydrogen-bond donors (Lipinski definition) is 0. The predicted octanol–water partition coefficient (Wildman–Crippen LogP) is 11.8. The molecule has 0 amide bonds. The topological polar surface area (TPSA) is 88.7 Å². The summed E-state index contributed by atoms with van der Waals surface area (Å²) in [5, 5.41) is 14.5. The summed E-state index contributed by atoms with van der Waals surface area (Å²) in [6, 6.07) is 43.9. The van der Waals surface area contributed by atoms with Gasteiger partial charge < -0.3 is 8.83 Å². The standard InChI is InChI=1S/C46H30N4O2/c47-26-30-9-8-12-36-31-18-15-27(23-37(31)46(42(30)36)21-6-1-7-22-46)43-48-44(28-16-19-34-32-10-2-4-13-38(32)51-40(34)24-28)50-45(49-43)29-17-20-35-33-11-3-5-14-39(33)52-41(35)25-29/h2-5,8-20,23-25H,1,6-7,21-22H2. The van der Waals surface area contributed by atoms with Crippen molar-refractivity contribution in [3.63, 3.8) is 0 Å². The summed E-state index contributed by atoms with van der Waals surface area (Å²) in [4.78, 5) is 15.4. The predicted molar refractivity (Wildman–Crippen MR) is 205 cm³/mol. The Kier molecular flexibility index (Phi) is 6.15. The highest BCUT2D eigenvalue weighted by molar-refractivity contribution is 6.06. The van der Waals surface area contributed by atoms with Crippen LogP contribution >= 0.6 is 0 Å². The fourth-order valence-electron chi connectivity index (χ4n) is 9.00. The smallest absolute Gasteiger partial charge is 0.164 e. The second-order valence-electron chi connectivity index (χ2n) is 14.2. The molecule has 3 aromatic heterocycles. The average molecular weight is 671 g/mol. The molecular formula is C46H30N4O2. The van der Waals surface area contributed by atoms with Crippen LogP contribution in [0.25, 0.3) is 89.2 Å². The third-order valence-corrected chi connectivity index (χ3v) is 11.4. The van der Waals surface area contributed by atoms with Crippen molar-refractivity contribution in [3.8, 4) is 51.4 Å². The van der Waals surface area contributed by atoms with Gasteiger partial charge in [0.1, 0.15) is 22.3 Å². The molecule has 6 nitrogen and oxygen atoms in total. The Morgan fingerprint density at radius 3 is 1.63 bits per heavy atom. The quantitative estimate of drug-likeness (QED) is 0.186. The van der Waals surface area contributed by atoms with Crippen molar-refractivity contribution < 1.29 is 8.83 Å². The van der Waals surface area contributed by atoms with E-state index in [4.69, 9.17) is 23.8 Å². The normalized spacial score (nSPS) is 14.7. The van der Waals surface area contributed by atoms with Crippen molar-refractivity contribution in [1.82, 2.24) is 15.0 Å². The van der Waals surface area contributed by atoms with Gasteiger partial charge in [0.15, 0.2) is 17.5 Å². The second-order valence-corrected chi connectivity index (χ2v) is 14.2. The van der Waals surface area contributed by atoms with Crippen molar-refractivity contribution >= 4 is 43.9 Å². The van der Waals surface area contributed by atoms with Crippen LogP contribution < -0.4 is 0 Å². The number of nitrogens with zero attached hydrogens (tertiary/aromatic N) is 4. The fraction of sp³-hybridized carbons (Fsp3) is 0.130. The first-order valence-electron chi connectivity index (χ1n) is 18.0. The molecule has 6 heteroatoms. The molecule has 0 bridgehead atoms. The van der Waals surface area contributed by atoms with Gasteiger partial charge in [-0.3, -0.25) is 0 Å². The number of nitriles is 1. The first-order chi connectivity index (χ1) is 25.7. The molecule has 52 heavy (non-hydrogen) atoms. The molecule has 3 heterocycles. The Labute approximate surface area is 299 Å². The number of para-hydroxylation sites is 2. The van der Waals surface area contributed by atoms with E-state index in [0.717, 1.165) is 91.8 Å². The van der Waals surface area contributed by atoms with Crippen molar-refractivity contribution in [2.45, 2.75) is 37.5 Å². The number of benzene rings is 6. The highest BCUT2D eigenvalue weighted by atomic mass is 16.3. The lowest BCUT2D eigenvalue weighted by atomic mass is 9.66. The van der Waals surface area contributed by atoms with Gasteiger partial charge in [-0.2, -0.15) is 5.26 Å². The van der Waals surface area contributed by atoms with Gasteiger partial charge in [-0.05, 0) is 83.6 Å². The van der Waals surface area contributed by atoms with Crippen LogP contribution in [-0.2, 0) is 5.41 Å². The van der Waals surface area contributed by atoms with Crippen molar-refractivity contribution in [2.24, 2.45) is 0 Å². The van der Waals surface area contributed by atoms with E-state index in [1.165, 1.54) is 28.7 Å². The summed E-state index contributed by atoms with van der Waals surface area (Å²) in [6.07, 6.45) is 5.54. The zero-order valence-corrected chi connectivity index (χ0v) is 28.2. The number of aromatic nitrogens is 3. The highest BCUT2D eigenvalue weighted by Gasteiger charge is 2.45. The molecule has 0 aliphatic heterocycles. The molecule has 11 rings (SSSR count). The average Bonchev–Trinajstić information content (AvgIpc) is 3.85. The number of furan rings is 2. The van der Waals surface area contributed by atoms with Crippen LogP contribution in [0.15, 0.2) is 130 Å². The number of fused-ring (bicyclic) bond motifs is 11. The maximum Gasteiger partial charge on any atom is 0.164 e. The second kappa shape index (κ2) is 11.0. The maximum absolute atomic E-state index is 10.2. The maximum atomic E-state index is 10.2. The van der Waals surface area contributed by atoms with Gasteiger partial charge in [-0.1, -0.05) is 92.1 Å². The van der Waals surface area contributed by atoms with Gasteiger partial charge in [0.25, 0.3) is 0 Å². The highest BCUT2D eigenvalue weighted by Crippen LogP contribution is 2.57. The molecule has 1 spiro atoms. The SMILES string of the molecule is N#Cc1cccc2c1C1(CCCCC1)c1cc(-c3nc(-c4ccc5c(c4)oc4ccccc45)nc(-c4ccc5c(c4)oc4ccccc45)n3)ccc1-2. The van der Waals surface area contributed by atoms with Crippen LogP contribution in [0.1, 0.15) is 48.8 Å². The molecule has 1 saturated carbocycles. The zero-order valence-electron chi connectivity index (χ0n) is 28.2. The Morgan fingerprint density at radius 1 is 0.500 bits per heavy atom. The van der Waals surface area contributed by atoms with E-state index >= 15 is 0 Å². The van der Waals surface area contributed by atoms with Gasteiger partial charge in [0, 0.05) is 43.7 Å². The minimum atomic E-state index is -0.192. The minimum absolute atomic E-state index is 0.192. The van der Waals surface area contributed by atoms with Crippen LogP contribution in [0.2, 0.25) is 0 Å². The first kappa shape index (κ1) is 29.2.